The van der Waals surface area contributed by atoms with E-state index in [2.05, 4.69) is 5.32 Å². The molecule has 0 aliphatic heterocycles. The third-order valence-corrected chi connectivity index (χ3v) is 3.85. The average molecular weight is 284 g/mol. The fraction of sp³-hybridized carbons (Fsp3) is 0.462. The number of anilines is 1. The van der Waals surface area contributed by atoms with E-state index in [1.807, 2.05) is 13.8 Å². The molecule has 0 aliphatic rings. The van der Waals surface area contributed by atoms with E-state index in [9.17, 15) is 9.00 Å². The van der Waals surface area contributed by atoms with E-state index < -0.39 is 10.8 Å². The Morgan fingerprint density at radius 1 is 1.42 bits per heavy atom. The minimum absolute atomic E-state index is 0.101. The minimum atomic E-state index is -1.30. The lowest BCUT2D eigenvalue weighted by molar-refractivity contribution is -0.120. The zero-order valence-electron chi connectivity index (χ0n) is 11.3. The van der Waals surface area contributed by atoms with Crippen molar-refractivity contribution in [2.75, 3.05) is 24.6 Å². The van der Waals surface area contributed by atoms with Crippen LogP contribution < -0.4 is 15.8 Å². The number of carbonyl (C=O) groups is 1. The lowest BCUT2D eigenvalue weighted by atomic mass is 10.3. The Bertz CT molecular complexity index is 463. The van der Waals surface area contributed by atoms with Crippen LogP contribution in [0.5, 0.6) is 5.75 Å². The van der Waals surface area contributed by atoms with Gasteiger partial charge in [-0.15, -0.1) is 0 Å². The summed E-state index contributed by atoms with van der Waals surface area (Å²) < 4.78 is 17.5. The maximum absolute atomic E-state index is 12.1. The van der Waals surface area contributed by atoms with Crippen LogP contribution in [0, 0.1) is 0 Å². The van der Waals surface area contributed by atoms with E-state index in [0.717, 1.165) is 0 Å². The standard InChI is InChI=1S/C13H20N2O3S/c1-3-15-13(16)7-8-19(17)12-9-10(18-4-2)5-6-11(12)14/h5-6,9H,3-4,7-8,14H2,1-2H3,(H,15,16). The van der Waals surface area contributed by atoms with Crippen LogP contribution >= 0.6 is 0 Å². The van der Waals surface area contributed by atoms with E-state index in [1.165, 1.54) is 0 Å². The first-order valence-electron chi connectivity index (χ1n) is 6.25. The number of rotatable bonds is 7. The third-order valence-electron chi connectivity index (χ3n) is 2.43. The normalized spacial score (nSPS) is 11.9. The highest BCUT2D eigenvalue weighted by atomic mass is 32.2. The zero-order valence-corrected chi connectivity index (χ0v) is 12.1. The Morgan fingerprint density at radius 2 is 2.16 bits per heavy atom. The van der Waals surface area contributed by atoms with Crippen LogP contribution in [0.25, 0.3) is 0 Å². The van der Waals surface area contributed by atoms with Crippen LogP contribution in [-0.2, 0) is 15.6 Å². The highest BCUT2D eigenvalue weighted by molar-refractivity contribution is 7.85. The second kappa shape index (κ2) is 7.78. The fourth-order valence-corrected chi connectivity index (χ4v) is 2.72. The van der Waals surface area contributed by atoms with Crippen molar-refractivity contribution in [1.29, 1.82) is 0 Å². The molecule has 0 spiro atoms. The van der Waals surface area contributed by atoms with Gasteiger partial charge < -0.3 is 15.8 Å². The number of carbonyl (C=O) groups excluding carboxylic acids is 1. The van der Waals surface area contributed by atoms with Gasteiger partial charge in [0, 0.05) is 24.4 Å². The predicted molar refractivity (Wildman–Crippen MR) is 76.6 cm³/mol. The number of nitrogens with two attached hydrogens (primary N) is 1. The largest absolute Gasteiger partial charge is 0.494 e. The second-order valence-electron chi connectivity index (χ2n) is 3.89. The Hall–Kier alpha value is -1.56. The Labute approximate surface area is 116 Å². The van der Waals surface area contributed by atoms with Gasteiger partial charge in [-0.1, -0.05) is 0 Å². The first-order valence-corrected chi connectivity index (χ1v) is 7.57. The number of amides is 1. The molecular formula is C13H20N2O3S. The van der Waals surface area contributed by atoms with E-state index in [1.54, 1.807) is 18.2 Å². The summed E-state index contributed by atoms with van der Waals surface area (Å²) in [6.45, 7) is 4.84. The summed E-state index contributed by atoms with van der Waals surface area (Å²) >= 11 is 0. The van der Waals surface area contributed by atoms with E-state index in [4.69, 9.17) is 10.5 Å². The maximum Gasteiger partial charge on any atom is 0.220 e. The summed E-state index contributed by atoms with van der Waals surface area (Å²) in [5, 5.41) is 2.67. The third kappa shape index (κ3) is 4.90. The summed E-state index contributed by atoms with van der Waals surface area (Å²) in [6, 6.07) is 5.08. The van der Waals surface area contributed by atoms with Crippen LogP contribution in [0.15, 0.2) is 23.1 Å². The summed E-state index contributed by atoms with van der Waals surface area (Å²) in [6.07, 6.45) is 0.221. The SMILES string of the molecule is CCNC(=O)CCS(=O)c1cc(OCC)ccc1N. The van der Waals surface area contributed by atoms with Crippen molar-refractivity contribution in [1.82, 2.24) is 5.32 Å². The van der Waals surface area contributed by atoms with Crippen molar-refractivity contribution in [3.8, 4) is 5.75 Å². The van der Waals surface area contributed by atoms with Crippen molar-refractivity contribution >= 4 is 22.4 Å². The molecule has 5 nitrogen and oxygen atoms in total. The van der Waals surface area contributed by atoms with E-state index in [-0.39, 0.29) is 18.1 Å². The van der Waals surface area contributed by atoms with Gasteiger partial charge in [-0.25, -0.2) is 0 Å². The van der Waals surface area contributed by atoms with Gasteiger partial charge in [-0.05, 0) is 32.0 Å². The molecule has 0 bridgehead atoms. The van der Waals surface area contributed by atoms with E-state index in [0.29, 0.717) is 29.5 Å². The molecule has 19 heavy (non-hydrogen) atoms. The van der Waals surface area contributed by atoms with Crippen molar-refractivity contribution in [3.05, 3.63) is 18.2 Å². The zero-order chi connectivity index (χ0) is 14.3. The molecule has 0 saturated carbocycles. The van der Waals surface area contributed by atoms with Crippen molar-refractivity contribution in [2.45, 2.75) is 25.2 Å². The molecule has 6 heteroatoms. The summed E-state index contributed by atoms with van der Waals surface area (Å²) in [7, 11) is -1.30. The maximum atomic E-state index is 12.1. The Balaban J connectivity index is 2.70. The van der Waals surface area contributed by atoms with Gasteiger partial charge in [0.15, 0.2) is 0 Å². The second-order valence-corrected chi connectivity index (χ2v) is 5.42. The highest BCUT2D eigenvalue weighted by Gasteiger charge is 2.11. The minimum Gasteiger partial charge on any atom is -0.494 e. The number of benzene rings is 1. The molecule has 0 saturated heterocycles. The molecule has 1 atom stereocenters. The summed E-state index contributed by atoms with van der Waals surface area (Å²) in [5.41, 5.74) is 6.26. The van der Waals surface area contributed by atoms with Gasteiger partial charge >= 0.3 is 0 Å². The molecule has 1 aromatic rings. The number of nitrogen functional groups attached to an aromatic ring is 1. The number of ether oxygens (including phenoxy) is 1. The molecule has 1 rings (SSSR count). The van der Waals surface area contributed by atoms with Gasteiger partial charge in [0.05, 0.1) is 22.3 Å². The smallest absolute Gasteiger partial charge is 0.220 e. The fourth-order valence-electron chi connectivity index (χ4n) is 1.55. The van der Waals surface area contributed by atoms with Crippen LogP contribution in [0.2, 0.25) is 0 Å². The molecule has 1 unspecified atom stereocenters. The predicted octanol–water partition coefficient (Wildman–Crippen LogP) is 1.30. The monoisotopic (exact) mass is 284 g/mol. The van der Waals surface area contributed by atoms with Gasteiger partial charge in [-0.2, -0.15) is 0 Å². The van der Waals surface area contributed by atoms with Crippen LogP contribution in [0.1, 0.15) is 20.3 Å². The summed E-state index contributed by atoms with van der Waals surface area (Å²) in [5.74, 6) is 0.791. The van der Waals surface area contributed by atoms with Crippen LogP contribution in [-0.4, -0.2) is 29.0 Å². The molecule has 106 valence electrons. The van der Waals surface area contributed by atoms with Gasteiger partial charge in [0.25, 0.3) is 0 Å². The first kappa shape index (κ1) is 15.5. The number of hydrogen-bond donors (Lipinski definition) is 2. The quantitative estimate of drug-likeness (QED) is 0.740. The Morgan fingerprint density at radius 3 is 2.79 bits per heavy atom. The molecule has 1 amide bonds. The van der Waals surface area contributed by atoms with Crippen LogP contribution in [0.4, 0.5) is 5.69 Å². The average Bonchev–Trinajstić information content (AvgIpc) is 2.39. The number of nitrogens with one attached hydrogen (secondary N) is 1. The van der Waals surface area contributed by atoms with Gasteiger partial charge in [-0.3, -0.25) is 9.00 Å². The van der Waals surface area contributed by atoms with Crippen molar-refractivity contribution < 1.29 is 13.7 Å². The molecule has 1 aromatic carbocycles. The van der Waals surface area contributed by atoms with Gasteiger partial charge in [0.1, 0.15) is 5.75 Å². The molecule has 0 radical (unpaired) electrons. The lowest BCUT2D eigenvalue weighted by Gasteiger charge is -2.09. The highest BCUT2D eigenvalue weighted by Crippen LogP contribution is 2.23. The van der Waals surface area contributed by atoms with Crippen molar-refractivity contribution in [3.63, 3.8) is 0 Å². The first-order chi connectivity index (χ1) is 9.08. The Kier molecular flexibility index (Phi) is 6.35. The molecule has 0 heterocycles. The number of hydrogen-bond acceptors (Lipinski definition) is 4. The van der Waals surface area contributed by atoms with E-state index >= 15 is 0 Å². The molecule has 0 aliphatic carbocycles. The lowest BCUT2D eigenvalue weighted by Crippen LogP contribution is -2.24. The van der Waals surface area contributed by atoms with Gasteiger partial charge in [0.2, 0.25) is 5.91 Å². The van der Waals surface area contributed by atoms with Crippen molar-refractivity contribution in [2.24, 2.45) is 0 Å². The molecular weight excluding hydrogens is 264 g/mol. The summed E-state index contributed by atoms with van der Waals surface area (Å²) in [4.78, 5) is 11.9. The van der Waals surface area contributed by atoms with Crippen LogP contribution in [0.3, 0.4) is 0 Å². The molecule has 0 aromatic heterocycles. The molecule has 0 fully saturated rings. The molecule has 3 N–H and O–H groups in total. The topological polar surface area (TPSA) is 81.4 Å².